The molecule has 0 aliphatic rings. The minimum Gasteiger partial charge on any atom is -0.369 e. The van der Waals surface area contributed by atoms with Crippen molar-refractivity contribution in [3.63, 3.8) is 0 Å². The summed E-state index contributed by atoms with van der Waals surface area (Å²) in [6.07, 6.45) is 1.67. The Kier molecular flexibility index (Phi) is 7.36. The summed E-state index contributed by atoms with van der Waals surface area (Å²) in [6, 6.07) is 9.80. The van der Waals surface area contributed by atoms with Crippen molar-refractivity contribution in [2.45, 2.75) is 39.5 Å². The lowest BCUT2D eigenvalue weighted by Gasteiger charge is -2.20. The van der Waals surface area contributed by atoms with Gasteiger partial charge in [-0.3, -0.25) is 4.79 Å². The Morgan fingerprint density at radius 2 is 1.70 bits per heavy atom. The van der Waals surface area contributed by atoms with Crippen LogP contribution in [0, 0.1) is 0 Å². The van der Waals surface area contributed by atoms with Gasteiger partial charge >= 0.3 is 0 Å². The zero-order valence-corrected chi connectivity index (χ0v) is 17.3. The third-order valence-corrected chi connectivity index (χ3v) is 4.50. The van der Waals surface area contributed by atoms with Gasteiger partial charge in [-0.25, -0.2) is 4.98 Å². The van der Waals surface area contributed by atoms with E-state index < -0.39 is 0 Å². The third-order valence-electron chi connectivity index (χ3n) is 4.50. The van der Waals surface area contributed by atoms with E-state index in [4.69, 9.17) is 0 Å². The average molecular weight is 369 g/mol. The lowest BCUT2D eigenvalue weighted by Crippen LogP contribution is -2.21. The van der Waals surface area contributed by atoms with Gasteiger partial charge in [0.2, 0.25) is 0 Å². The van der Waals surface area contributed by atoms with Gasteiger partial charge in [0.05, 0.1) is 0 Å². The number of nitrogens with one attached hydrogen (secondary N) is 2. The van der Waals surface area contributed by atoms with Crippen LogP contribution in [-0.2, 0) is 0 Å². The number of pyridine rings is 1. The molecule has 1 amide bonds. The summed E-state index contributed by atoms with van der Waals surface area (Å²) in [5.74, 6) is 1.27. The molecule has 27 heavy (non-hydrogen) atoms. The second-order valence-electron chi connectivity index (χ2n) is 7.73. The molecule has 1 aromatic carbocycles. The highest BCUT2D eigenvalue weighted by Crippen LogP contribution is 2.32. The first kappa shape index (κ1) is 20.9. The Bertz CT molecular complexity index is 742. The van der Waals surface area contributed by atoms with Gasteiger partial charge in [0.15, 0.2) is 0 Å². The summed E-state index contributed by atoms with van der Waals surface area (Å²) >= 11 is 0. The summed E-state index contributed by atoms with van der Waals surface area (Å²) < 4.78 is 0. The maximum absolute atomic E-state index is 12.9. The fourth-order valence-electron chi connectivity index (χ4n) is 2.96. The van der Waals surface area contributed by atoms with Gasteiger partial charge in [-0.2, -0.15) is 0 Å². The maximum Gasteiger partial charge on any atom is 0.255 e. The van der Waals surface area contributed by atoms with Gasteiger partial charge in [-0.15, -0.1) is 0 Å². The molecule has 0 radical (unpaired) electrons. The Morgan fingerprint density at radius 1 is 1.07 bits per heavy atom. The summed E-state index contributed by atoms with van der Waals surface area (Å²) in [5.41, 5.74) is 3.86. The number of likely N-dealkylation sites (N-methyl/N-ethyl adjacent to an activating group) is 1. The molecule has 146 valence electrons. The SMILES string of the molecule is CC(C)c1cccc(C(C)C)c1NC(=O)c1ccnc(NCCN(C)C)c1. The van der Waals surface area contributed by atoms with Crippen molar-refractivity contribution in [1.29, 1.82) is 0 Å². The van der Waals surface area contributed by atoms with Crippen LogP contribution in [0.1, 0.15) is 61.0 Å². The van der Waals surface area contributed by atoms with Crippen LogP contribution in [0.2, 0.25) is 0 Å². The van der Waals surface area contributed by atoms with E-state index in [2.05, 4.69) is 66.4 Å². The molecule has 0 aliphatic heterocycles. The van der Waals surface area contributed by atoms with E-state index in [1.54, 1.807) is 18.3 Å². The third kappa shape index (κ3) is 5.79. The predicted molar refractivity (Wildman–Crippen MR) is 114 cm³/mol. The minimum absolute atomic E-state index is 0.108. The molecular formula is C22H32N4O. The van der Waals surface area contributed by atoms with E-state index in [9.17, 15) is 4.79 Å². The number of carbonyl (C=O) groups excluding carboxylic acids is 1. The first-order valence-corrected chi connectivity index (χ1v) is 9.58. The lowest BCUT2D eigenvalue weighted by molar-refractivity contribution is 0.102. The van der Waals surface area contributed by atoms with E-state index in [-0.39, 0.29) is 5.91 Å². The molecular weight excluding hydrogens is 336 g/mol. The van der Waals surface area contributed by atoms with Crippen LogP contribution in [0.15, 0.2) is 36.5 Å². The van der Waals surface area contributed by atoms with Crippen LogP contribution in [0.25, 0.3) is 0 Å². The molecule has 2 aromatic rings. The molecule has 2 rings (SSSR count). The second-order valence-corrected chi connectivity index (χ2v) is 7.73. The van der Waals surface area contributed by atoms with Crippen LogP contribution >= 0.6 is 0 Å². The first-order valence-electron chi connectivity index (χ1n) is 9.58. The Balaban J connectivity index is 2.22. The van der Waals surface area contributed by atoms with Crippen molar-refractivity contribution in [2.75, 3.05) is 37.8 Å². The summed E-state index contributed by atoms with van der Waals surface area (Å²) in [7, 11) is 4.05. The highest BCUT2D eigenvalue weighted by molar-refractivity contribution is 6.05. The van der Waals surface area contributed by atoms with Crippen LogP contribution in [-0.4, -0.2) is 43.0 Å². The first-order chi connectivity index (χ1) is 12.8. The van der Waals surface area contributed by atoms with Crippen molar-refractivity contribution in [3.05, 3.63) is 53.2 Å². The highest BCUT2D eigenvalue weighted by Gasteiger charge is 2.17. The van der Waals surface area contributed by atoms with Crippen molar-refractivity contribution in [3.8, 4) is 0 Å². The fourth-order valence-corrected chi connectivity index (χ4v) is 2.96. The van der Waals surface area contributed by atoms with Crippen LogP contribution in [0.3, 0.4) is 0 Å². The van der Waals surface area contributed by atoms with E-state index >= 15 is 0 Å². The average Bonchev–Trinajstić information content (AvgIpc) is 2.61. The van der Waals surface area contributed by atoms with Crippen LogP contribution in [0.4, 0.5) is 11.5 Å². The van der Waals surface area contributed by atoms with E-state index in [1.807, 2.05) is 14.1 Å². The highest BCUT2D eigenvalue weighted by atomic mass is 16.1. The predicted octanol–water partition coefficient (Wildman–Crippen LogP) is 4.55. The van der Waals surface area contributed by atoms with Gasteiger partial charge in [0.25, 0.3) is 5.91 Å². The number of anilines is 2. The van der Waals surface area contributed by atoms with Crippen molar-refractivity contribution >= 4 is 17.4 Å². The van der Waals surface area contributed by atoms with Gasteiger partial charge < -0.3 is 15.5 Å². The standard InChI is InChI=1S/C22H32N4O/c1-15(2)18-8-7-9-19(16(3)4)21(18)25-22(27)17-10-11-23-20(14-17)24-12-13-26(5)6/h7-11,14-16H,12-13H2,1-6H3,(H,23,24)(H,25,27). The van der Waals surface area contributed by atoms with E-state index in [1.165, 1.54) is 0 Å². The summed E-state index contributed by atoms with van der Waals surface area (Å²) in [5, 5.41) is 6.42. The second kappa shape index (κ2) is 9.51. The van der Waals surface area contributed by atoms with Crippen LogP contribution in [0.5, 0.6) is 0 Å². The summed E-state index contributed by atoms with van der Waals surface area (Å²) in [4.78, 5) is 19.3. The molecule has 0 spiro atoms. The molecule has 5 heteroatoms. The number of carbonyl (C=O) groups is 1. The topological polar surface area (TPSA) is 57.3 Å². The minimum atomic E-state index is -0.108. The maximum atomic E-state index is 12.9. The number of para-hydroxylation sites is 1. The normalized spacial score (nSPS) is 11.3. The van der Waals surface area contributed by atoms with Crippen molar-refractivity contribution in [2.24, 2.45) is 0 Å². The van der Waals surface area contributed by atoms with Gasteiger partial charge in [0.1, 0.15) is 5.82 Å². The number of rotatable bonds is 8. The fraction of sp³-hybridized carbons (Fsp3) is 0.455. The monoisotopic (exact) mass is 368 g/mol. The number of aromatic nitrogens is 1. The molecule has 1 heterocycles. The largest absolute Gasteiger partial charge is 0.369 e. The quantitative estimate of drug-likeness (QED) is 0.717. The number of amides is 1. The lowest BCUT2D eigenvalue weighted by atomic mass is 9.92. The van der Waals surface area contributed by atoms with Gasteiger partial charge in [0, 0.05) is 30.5 Å². The smallest absolute Gasteiger partial charge is 0.255 e. The van der Waals surface area contributed by atoms with Crippen molar-refractivity contribution < 1.29 is 4.79 Å². The molecule has 1 aromatic heterocycles. The molecule has 5 nitrogen and oxygen atoms in total. The molecule has 2 N–H and O–H groups in total. The summed E-state index contributed by atoms with van der Waals surface area (Å²) in [6.45, 7) is 10.3. The van der Waals surface area contributed by atoms with Crippen molar-refractivity contribution in [1.82, 2.24) is 9.88 Å². The molecule has 0 saturated carbocycles. The van der Waals surface area contributed by atoms with E-state index in [0.29, 0.717) is 23.2 Å². The molecule has 0 saturated heterocycles. The van der Waals surface area contributed by atoms with Crippen LogP contribution < -0.4 is 10.6 Å². The Morgan fingerprint density at radius 3 is 2.26 bits per heavy atom. The van der Waals surface area contributed by atoms with Gasteiger partial charge in [-0.1, -0.05) is 45.9 Å². The van der Waals surface area contributed by atoms with Gasteiger partial charge in [-0.05, 0) is 49.2 Å². The zero-order valence-electron chi connectivity index (χ0n) is 17.3. The number of nitrogens with zero attached hydrogens (tertiary/aromatic N) is 2. The number of hydrogen-bond acceptors (Lipinski definition) is 4. The number of hydrogen-bond donors (Lipinski definition) is 2. The molecule has 0 atom stereocenters. The molecule has 0 unspecified atom stereocenters. The van der Waals surface area contributed by atoms with E-state index in [0.717, 1.165) is 29.9 Å². The zero-order chi connectivity index (χ0) is 20.0. The molecule has 0 fully saturated rings. The Labute approximate surface area is 163 Å². The molecule has 0 bridgehead atoms. The number of benzene rings is 1. The Hall–Kier alpha value is -2.40. The molecule has 0 aliphatic carbocycles.